The van der Waals surface area contributed by atoms with Crippen LogP contribution in [0.15, 0.2) is 30.4 Å². The van der Waals surface area contributed by atoms with Gasteiger partial charge in [-0.1, -0.05) is 12.2 Å². The first kappa shape index (κ1) is 16.9. The number of fused-ring (bicyclic) bond motifs is 2. The van der Waals surface area contributed by atoms with Crippen LogP contribution < -0.4 is 19.3 Å². The van der Waals surface area contributed by atoms with E-state index in [0.717, 1.165) is 35.8 Å². The number of rotatable bonds is 6. The molecular formula is C21H32N2O2+2. The molecule has 1 aromatic carbocycles. The maximum absolute atomic E-state index is 5.44. The van der Waals surface area contributed by atoms with Gasteiger partial charge >= 0.3 is 0 Å². The van der Waals surface area contributed by atoms with E-state index in [2.05, 4.69) is 24.3 Å². The second-order valence-electron chi connectivity index (χ2n) is 8.11. The van der Waals surface area contributed by atoms with Crippen LogP contribution in [0.5, 0.6) is 11.5 Å². The molecule has 0 amide bonds. The molecule has 4 nitrogen and oxygen atoms in total. The predicted octanol–water partition coefficient (Wildman–Crippen LogP) is 0.199. The molecule has 0 spiro atoms. The zero-order valence-electron chi connectivity index (χ0n) is 15.6. The summed E-state index contributed by atoms with van der Waals surface area (Å²) >= 11 is 0. The van der Waals surface area contributed by atoms with Gasteiger partial charge < -0.3 is 19.3 Å². The van der Waals surface area contributed by atoms with Crippen molar-refractivity contribution in [3.8, 4) is 11.5 Å². The van der Waals surface area contributed by atoms with E-state index in [4.69, 9.17) is 9.47 Å². The van der Waals surface area contributed by atoms with Crippen molar-refractivity contribution in [3.05, 3.63) is 35.9 Å². The zero-order chi connectivity index (χ0) is 17.2. The van der Waals surface area contributed by atoms with Crippen molar-refractivity contribution >= 4 is 0 Å². The highest BCUT2D eigenvalue weighted by molar-refractivity contribution is 5.42. The largest absolute Gasteiger partial charge is 0.493 e. The van der Waals surface area contributed by atoms with Gasteiger partial charge in [-0.15, -0.1) is 0 Å². The van der Waals surface area contributed by atoms with Gasteiger partial charge in [0, 0.05) is 11.5 Å². The molecule has 4 rings (SSSR count). The van der Waals surface area contributed by atoms with Crippen LogP contribution in [0.3, 0.4) is 0 Å². The fourth-order valence-corrected chi connectivity index (χ4v) is 5.12. The molecule has 2 fully saturated rings. The molecule has 2 aliphatic carbocycles. The molecular weight excluding hydrogens is 312 g/mol. The molecule has 0 radical (unpaired) electrons. The summed E-state index contributed by atoms with van der Waals surface area (Å²) in [7, 11) is 3.40. The molecule has 1 saturated heterocycles. The van der Waals surface area contributed by atoms with Crippen LogP contribution in [-0.2, 0) is 6.54 Å². The van der Waals surface area contributed by atoms with Crippen molar-refractivity contribution in [1.82, 2.24) is 0 Å². The zero-order valence-corrected chi connectivity index (χ0v) is 15.6. The molecule has 2 N–H and O–H groups in total. The molecule has 0 aromatic heterocycles. The van der Waals surface area contributed by atoms with E-state index in [0.29, 0.717) is 0 Å². The van der Waals surface area contributed by atoms with E-state index in [-0.39, 0.29) is 0 Å². The number of nitrogens with one attached hydrogen (secondary N) is 2. The summed E-state index contributed by atoms with van der Waals surface area (Å²) in [6.45, 7) is 7.68. The van der Waals surface area contributed by atoms with Crippen molar-refractivity contribution < 1.29 is 19.3 Å². The highest BCUT2D eigenvalue weighted by Crippen LogP contribution is 2.42. The molecule has 1 aliphatic heterocycles. The van der Waals surface area contributed by atoms with Gasteiger partial charge in [0.05, 0.1) is 20.8 Å². The highest BCUT2D eigenvalue weighted by atomic mass is 16.5. The van der Waals surface area contributed by atoms with Gasteiger partial charge in [0.2, 0.25) is 0 Å². The molecule has 25 heavy (non-hydrogen) atoms. The molecule has 3 atom stereocenters. The number of piperazine rings is 1. The normalized spacial score (nSPS) is 33.6. The number of quaternary nitrogens is 2. The second kappa shape index (κ2) is 7.38. The summed E-state index contributed by atoms with van der Waals surface area (Å²) in [5.74, 6) is 4.42. The fourth-order valence-electron chi connectivity index (χ4n) is 5.12. The number of benzene rings is 1. The SMILES string of the molecule is COc1ccc(C[NH+]2CC[NH+](C[C@@H]3C[C@H]4C=C[C@H]3C4)CC2)cc1OC. The van der Waals surface area contributed by atoms with Crippen LogP contribution in [0.4, 0.5) is 0 Å². The van der Waals surface area contributed by atoms with E-state index in [1.807, 2.05) is 11.0 Å². The first-order valence-electron chi connectivity index (χ1n) is 9.81. The summed E-state index contributed by atoms with van der Waals surface area (Å²) in [5, 5.41) is 0. The number of ether oxygens (including phenoxy) is 2. The monoisotopic (exact) mass is 344 g/mol. The Morgan fingerprint density at radius 2 is 1.68 bits per heavy atom. The average Bonchev–Trinajstić information content (AvgIpc) is 3.26. The highest BCUT2D eigenvalue weighted by Gasteiger charge is 2.38. The van der Waals surface area contributed by atoms with Gasteiger partial charge in [0.1, 0.15) is 32.7 Å². The summed E-state index contributed by atoms with van der Waals surface area (Å²) in [6.07, 6.45) is 7.85. The Hall–Kier alpha value is -1.52. The first-order valence-corrected chi connectivity index (χ1v) is 9.81. The van der Waals surface area contributed by atoms with Crippen LogP contribution in [0, 0.1) is 17.8 Å². The lowest BCUT2D eigenvalue weighted by Crippen LogP contribution is -3.27. The summed E-state index contributed by atoms with van der Waals surface area (Å²) in [4.78, 5) is 3.53. The Kier molecular flexibility index (Phi) is 5.00. The third kappa shape index (κ3) is 3.70. The molecule has 1 saturated carbocycles. The standard InChI is InChI=1S/C21H30N2O2/c1-24-20-6-4-17(13-21(20)25-2)14-22-7-9-23(10-8-22)15-19-12-16-3-5-18(19)11-16/h3-6,13,16,18-19H,7-12,14-15H2,1-2H3/p+2/t16-,18-,19-/m0/s1. The quantitative estimate of drug-likeness (QED) is 0.722. The lowest BCUT2D eigenvalue weighted by Gasteiger charge is -2.32. The van der Waals surface area contributed by atoms with Crippen molar-refractivity contribution in [1.29, 1.82) is 0 Å². The van der Waals surface area contributed by atoms with E-state index < -0.39 is 0 Å². The number of hydrogen-bond donors (Lipinski definition) is 2. The Morgan fingerprint density at radius 1 is 0.920 bits per heavy atom. The Labute approximate surface area is 151 Å². The van der Waals surface area contributed by atoms with Gasteiger partial charge in [-0.3, -0.25) is 0 Å². The van der Waals surface area contributed by atoms with Crippen LogP contribution in [-0.4, -0.2) is 46.9 Å². The molecule has 1 aromatic rings. The third-order valence-corrected chi connectivity index (χ3v) is 6.53. The molecule has 136 valence electrons. The maximum atomic E-state index is 5.44. The molecule has 4 heteroatoms. The van der Waals surface area contributed by atoms with Gasteiger partial charge in [0.25, 0.3) is 0 Å². The van der Waals surface area contributed by atoms with E-state index in [1.54, 1.807) is 19.1 Å². The number of allylic oxidation sites excluding steroid dienone is 2. The van der Waals surface area contributed by atoms with Gasteiger partial charge in [0.15, 0.2) is 11.5 Å². The Morgan fingerprint density at radius 3 is 2.32 bits per heavy atom. The van der Waals surface area contributed by atoms with Gasteiger partial charge in [-0.25, -0.2) is 0 Å². The first-order chi connectivity index (χ1) is 12.2. The van der Waals surface area contributed by atoms with Crippen LogP contribution in [0.1, 0.15) is 18.4 Å². The Balaban J connectivity index is 1.27. The van der Waals surface area contributed by atoms with Crippen LogP contribution in [0.25, 0.3) is 0 Å². The topological polar surface area (TPSA) is 27.3 Å². The molecule has 3 aliphatic rings. The molecule has 0 unspecified atom stereocenters. The maximum Gasteiger partial charge on any atom is 0.161 e. The van der Waals surface area contributed by atoms with E-state index >= 15 is 0 Å². The summed E-state index contributed by atoms with van der Waals surface area (Å²) in [5.41, 5.74) is 1.34. The van der Waals surface area contributed by atoms with Crippen molar-refractivity contribution in [2.75, 3.05) is 46.9 Å². The van der Waals surface area contributed by atoms with Crippen molar-refractivity contribution in [3.63, 3.8) is 0 Å². The predicted molar refractivity (Wildman–Crippen MR) is 98.4 cm³/mol. The smallest absolute Gasteiger partial charge is 0.161 e. The van der Waals surface area contributed by atoms with E-state index in [1.165, 1.54) is 51.1 Å². The van der Waals surface area contributed by atoms with Gasteiger partial charge in [-0.2, -0.15) is 0 Å². The number of methoxy groups -OCH3 is 2. The minimum absolute atomic E-state index is 0.815. The summed E-state index contributed by atoms with van der Waals surface area (Å²) in [6, 6.07) is 6.33. The average molecular weight is 344 g/mol. The second-order valence-corrected chi connectivity index (χ2v) is 8.11. The Bertz CT molecular complexity index is 622. The fraction of sp³-hybridized carbons (Fsp3) is 0.619. The van der Waals surface area contributed by atoms with Gasteiger partial charge in [-0.05, 0) is 42.9 Å². The molecule has 2 bridgehead atoms. The third-order valence-electron chi connectivity index (χ3n) is 6.53. The van der Waals surface area contributed by atoms with Crippen molar-refractivity contribution in [2.24, 2.45) is 17.8 Å². The molecule has 1 heterocycles. The van der Waals surface area contributed by atoms with Crippen LogP contribution in [0.2, 0.25) is 0 Å². The summed E-state index contributed by atoms with van der Waals surface area (Å²) < 4.78 is 10.8. The van der Waals surface area contributed by atoms with Crippen LogP contribution >= 0.6 is 0 Å². The number of hydrogen-bond acceptors (Lipinski definition) is 2. The lowest BCUT2D eigenvalue weighted by molar-refractivity contribution is -1.02. The van der Waals surface area contributed by atoms with Crippen molar-refractivity contribution in [2.45, 2.75) is 19.4 Å². The van der Waals surface area contributed by atoms with E-state index in [9.17, 15) is 0 Å². The lowest BCUT2D eigenvalue weighted by atomic mass is 9.93. The minimum Gasteiger partial charge on any atom is -0.493 e. The minimum atomic E-state index is 0.815.